The summed E-state index contributed by atoms with van der Waals surface area (Å²) in [6.07, 6.45) is 0. The zero-order chi connectivity index (χ0) is 19.5. The summed E-state index contributed by atoms with van der Waals surface area (Å²) >= 11 is 0. The molecule has 1 heteroatoms. The quantitative estimate of drug-likeness (QED) is 0.480. The largest absolute Gasteiger partial charge is 0.307 e. The van der Waals surface area contributed by atoms with E-state index in [4.69, 9.17) is 0 Å². The Hall–Kier alpha value is -2.38. The fourth-order valence-corrected chi connectivity index (χ4v) is 3.26. The minimum absolute atomic E-state index is 0.384. The van der Waals surface area contributed by atoms with E-state index in [1.165, 1.54) is 16.7 Å². The monoisotopic (exact) mass is 359 g/mol. The Bertz CT molecular complexity index is 693. The fraction of sp³-hybridized carbons (Fsp3) is 0.308. The van der Waals surface area contributed by atoms with Gasteiger partial charge in [-0.2, -0.15) is 0 Å². The van der Waals surface area contributed by atoms with Crippen LogP contribution < -0.4 is 0 Å². The molecule has 1 atom stereocenters. The van der Waals surface area contributed by atoms with Crippen molar-refractivity contribution in [3.8, 4) is 0 Å². The van der Waals surface area contributed by atoms with Crippen LogP contribution in [0.5, 0.6) is 0 Å². The predicted molar refractivity (Wildman–Crippen MR) is 118 cm³/mol. The molecule has 0 saturated heterocycles. The van der Waals surface area contributed by atoms with Crippen LogP contribution in [0, 0.1) is 0 Å². The van der Waals surface area contributed by atoms with Crippen LogP contribution >= 0.6 is 0 Å². The van der Waals surface area contributed by atoms with Crippen LogP contribution in [0.3, 0.4) is 0 Å². The smallest absolute Gasteiger partial charge is 0.0155 e. The molecule has 27 heavy (non-hydrogen) atoms. The van der Waals surface area contributed by atoms with Gasteiger partial charge in [0, 0.05) is 5.92 Å². The van der Waals surface area contributed by atoms with Gasteiger partial charge in [0.05, 0.1) is 0 Å². The second-order valence-corrected chi connectivity index (χ2v) is 6.99. The van der Waals surface area contributed by atoms with E-state index in [1.807, 2.05) is 0 Å². The number of rotatable bonds is 6. The lowest BCUT2D eigenvalue weighted by Gasteiger charge is -2.25. The van der Waals surface area contributed by atoms with Gasteiger partial charge in [-0.15, -0.1) is 0 Å². The Morgan fingerprint density at radius 2 is 0.926 bits per heavy atom. The van der Waals surface area contributed by atoms with Crippen molar-refractivity contribution in [2.24, 2.45) is 0 Å². The van der Waals surface area contributed by atoms with Crippen LogP contribution in [0.2, 0.25) is 0 Å². The maximum Gasteiger partial charge on any atom is 0.0155 e. The predicted octanol–water partition coefficient (Wildman–Crippen LogP) is 6.58. The van der Waals surface area contributed by atoms with Crippen molar-refractivity contribution in [2.45, 2.75) is 32.6 Å². The third kappa shape index (κ3) is 6.37. The molecule has 0 aliphatic carbocycles. The van der Waals surface area contributed by atoms with Gasteiger partial charge in [0.25, 0.3) is 0 Å². The van der Waals surface area contributed by atoms with Gasteiger partial charge in [-0.05, 0) is 42.7 Å². The molecular formula is C26H33N. The first-order valence-corrected chi connectivity index (χ1v) is 10.0. The summed E-state index contributed by atoms with van der Waals surface area (Å²) in [5, 5.41) is 0. The molecule has 0 aliphatic heterocycles. The molecular weight excluding hydrogens is 326 g/mol. The van der Waals surface area contributed by atoms with Crippen molar-refractivity contribution >= 4 is 0 Å². The first-order valence-electron chi connectivity index (χ1n) is 10.0. The first-order chi connectivity index (χ1) is 13.2. The van der Waals surface area contributed by atoms with Crippen LogP contribution in [0.4, 0.5) is 0 Å². The molecule has 0 aromatic heterocycles. The molecule has 0 aliphatic rings. The lowest BCUT2D eigenvalue weighted by Crippen LogP contribution is -2.15. The summed E-state index contributed by atoms with van der Waals surface area (Å²) in [7, 11) is 2.11. The molecule has 3 aromatic rings. The average Bonchev–Trinajstić information content (AvgIpc) is 2.76. The number of hydrogen-bond acceptors (Lipinski definition) is 1. The normalized spacial score (nSPS) is 11.8. The Balaban J connectivity index is 0.000000380. The summed E-state index contributed by atoms with van der Waals surface area (Å²) in [5.41, 5.74) is 4.13. The number of benzene rings is 3. The summed E-state index contributed by atoms with van der Waals surface area (Å²) in [5.74, 6) is 0.825. The van der Waals surface area contributed by atoms with Crippen LogP contribution in [0.15, 0.2) is 91.0 Å². The Morgan fingerprint density at radius 3 is 1.22 bits per heavy atom. The molecule has 3 aromatic carbocycles. The van der Waals surface area contributed by atoms with E-state index < -0.39 is 0 Å². The highest BCUT2D eigenvalue weighted by Gasteiger charge is 2.22. The lowest BCUT2D eigenvalue weighted by molar-refractivity contribution is 0.373. The van der Waals surface area contributed by atoms with Gasteiger partial charge in [0.15, 0.2) is 0 Å². The zero-order valence-electron chi connectivity index (χ0n) is 17.2. The average molecular weight is 360 g/mol. The summed E-state index contributed by atoms with van der Waals surface area (Å²) in [6, 6.07) is 32.4. The van der Waals surface area contributed by atoms with Crippen molar-refractivity contribution in [1.82, 2.24) is 4.90 Å². The molecule has 0 amide bonds. The van der Waals surface area contributed by atoms with Crippen LogP contribution in [-0.2, 0) is 0 Å². The molecule has 1 nitrogen and oxygen atoms in total. The van der Waals surface area contributed by atoms with Gasteiger partial charge in [-0.3, -0.25) is 0 Å². The van der Waals surface area contributed by atoms with E-state index in [1.54, 1.807) is 0 Å². The molecule has 0 radical (unpaired) electrons. The molecule has 0 saturated carbocycles. The maximum absolute atomic E-state index is 2.32. The second-order valence-electron chi connectivity index (χ2n) is 6.99. The molecule has 0 bridgehead atoms. The Kier molecular flexibility index (Phi) is 8.80. The Labute approximate surface area is 165 Å². The first kappa shape index (κ1) is 20.9. The highest BCUT2D eigenvalue weighted by molar-refractivity contribution is 5.37. The third-order valence-corrected chi connectivity index (χ3v) is 5.22. The van der Waals surface area contributed by atoms with Gasteiger partial charge in [-0.1, -0.05) is 112 Å². The summed E-state index contributed by atoms with van der Waals surface area (Å²) in [4.78, 5) is 2.25. The lowest BCUT2D eigenvalue weighted by atomic mass is 9.78. The molecule has 0 N–H and O–H groups in total. The van der Waals surface area contributed by atoms with E-state index in [9.17, 15) is 0 Å². The van der Waals surface area contributed by atoms with Gasteiger partial charge in [-0.25, -0.2) is 0 Å². The molecule has 142 valence electrons. The SMILES string of the molecule is CC(c1ccccc1)C(c1ccccc1)c1ccccc1.CCN(C)CC. The van der Waals surface area contributed by atoms with Crippen molar-refractivity contribution < 1.29 is 0 Å². The number of nitrogens with zero attached hydrogens (tertiary/aromatic N) is 1. The van der Waals surface area contributed by atoms with Gasteiger partial charge in [0.1, 0.15) is 0 Å². The van der Waals surface area contributed by atoms with E-state index in [0.29, 0.717) is 11.8 Å². The second kappa shape index (κ2) is 11.4. The topological polar surface area (TPSA) is 3.24 Å². The van der Waals surface area contributed by atoms with Gasteiger partial charge >= 0.3 is 0 Å². The molecule has 3 rings (SSSR count). The van der Waals surface area contributed by atoms with Crippen LogP contribution in [0.25, 0.3) is 0 Å². The van der Waals surface area contributed by atoms with Crippen molar-refractivity contribution in [2.75, 3.05) is 20.1 Å². The van der Waals surface area contributed by atoms with Crippen molar-refractivity contribution in [3.63, 3.8) is 0 Å². The zero-order valence-corrected chi connectivity index (χ0v) is 17.2. The molecule has 1 unspecified atom stereocenters. The third-order valence-electron chi connectivity index (χ3n) is 5.22. The molecule has 0 spiro atoms. The van der Waals surface area contributed by atoms with E-state index in [0.717, 1.165) is 13.1 Å². The maximum atomic E-state index is 2.32. The summed E-state index contributed by atoms with van der Waals surface area (Å²) < 4.78 is 0. The van der Waals surface area contributed by atoms with Crippen molar-refractivity contribution in [3.05, 3.63) is 108 Å². The molecule has 0 fully saturated rings. The van der Waals surface area contributed by atoms with Crippen LogP contribution in [-0.4, -0.2) is 25.0 Å². The Morgan fingerprint density at radius 1 is 0.593 bits per heavy atom. The minimum Gasteiger partial charge on any atom is -0.307 e. The van der Waals surface area contributed by atoms with Gasteiger partial charge < -0.3 is 4.90 Å². The fourth-order valence-electron chi connectivity index (χ4n) is 3.26. The summed E-state index contributed by atoms with van der Waals surface area (Å²) in [6.45, 7) is 8.96. The van der Waals surface area contributed by atoms with E-state index in [-0.39, 0.29) is 0 Å². The highest BCUT2D eigenvalue weighted by Crippen LogP contribution is 2.37. The van der Waals surface area contributed by atoms with E-state index in [2.05, 4.69) is 124 Å². The minimum atomic E-state index is 0.384. The highest BCUT2D eigenvalue weighted by atomic mass is 15.1. The molecule has 0 heterocycles. The van der Waals surface area contributed by atoms with Crippen LogP contribution in [0.1, 0.15) is 49.3 Å². The van der Waals surface area contributed by atoms with Gasteiger partial charge in [0.2, 0.25) is 0 Å². The standard InChI is InChI=1S/C21H20.C5H13N/c1-17(18-11-5-2-6-12-18)21(19-13-7-3-8-14-19)20-15-9-4-10-16-20;1-4-6(3)5-2/h2-17,21H,1H3;4-5H2,1-3H3. The van der Waals surface area contributed by atoms with Crippen molar-refractivity contribution in [1.29, 1.82) is 0 Å². The van der Waals surface area contributed by atoms with E-state index >= 15 is 0 Å². The number of hydrogen-bond donors (Lipinski definition) is 0.